The van der Waals surface area contributed by atoms with Gasteiger partial charge in [0.05, 0.1) is 13.5 Å². The average Bonchev–Trinajstić information content (AvgIpc) is 2.94. The summed E-state index contributed by atoms with van der Waals surface area (Å²) in [6.45, 7) is 0. The number of phenols is 4. The summed E-state index contributed by atoms with van der Waals surface area (Å²) in [7, 11) is 1.39. The van der Waals surface area contributed by atoms with Crippen molar-refractivity contribution in [2.45, 2.75) is 12.5 Å². The van der Waals surface area contributed by atoms with Crippen LogP contribution in [0.5, 0.6) is 46.0 Å². The molecule has 1 atom stereocenters. The fraction of sp³-hybridized carbons (Fsp3) is 0.0968. The quantitative estimate of drug-likeness (QED) is 0.210. The van der Waals surface area contributed by atoms with E-state index in [1.54, 1.807) is 36.4 Å². The maximum atomic E-state index is 13.1. The fourth-order valence-electron chi connectivity index (χ4n) is 4.76. The van der Waals surface area contributed by atoms with Gasteiger partial charge in [-0.05, 0) is 42.0 Å². The lowest BCUT2D eigenvalue weighted by molar-refractivity contribution is 0.0843. The second-order valence-corrected chi connectivity index (χ2v) is 9.39. The molecule has 0 saturated carbocycles. The molecule has 206 valence electrons. The van der Waals surface area contributed by atoms with Crippen molar-refractivity contribution in [1.29, 1.82) is 0 Å². The van der Waals surface area contributed by atoms with Crippen molar-refractivity contribution in [2.75, 3.05) is 7.11 Å². The molecule has 0 fully saturated rings. The maximum absolute atomic E-state index is 13.1. The highest BCUT2D eigenvalue weighted by Crippen LogP contribution is 2.50. The highest BCUT2D eigenvalue weighted by molar-refractivity contribution is 6.03. The van der Waals surface area contributed by atoms with Crippen LogP contribution < -0.4 is 19.6 Å². The molecule has 1 aliphatic heterocycles. The number of carbonyl (C=O) groups is 1. The number of fused-ring (bicyclic) bond motifs is 2. The molecule has 0 spiro atoms. The van der Waals surface area contributed by atoms with Crippen LogP contribution in [0.1, 0.15) is 28.4 Å². The zero-order valence-electron chi connectivity index (χ0n) is 21.5. The van der Waals surface area contributed by atoms with Gasteiger partial charge in [0.1, 0.15) is 57.1 Å². The van der Waals surface area contributed by atoms with Gasteiger partial charge in [0.15, 0.2) is 22.7 Å². The van der Waals surface area contributed by atoms with E-state index in [0.29, 0.717) is 11.1 Å². The standard InChI is InChI=1S/C31H22O10/c1-38-27-14-26-29(22(36)13-24(41-26)15-2-6-17(32)7-3-15)30(37)31(27)39-19-8-4-16(5-9-19)23-12-21(35)28-20(34)10-18(33)11-25(28)40-23/h2-12,14,24,32-34,37H,13H2,1H3/t24-/m0/s1. The lowest BCUT2D eigenvalue weighted by Crippen LogP contribution is -2.20. The molecule has 2 heterocycles. The summed E-state index contributed by atoms with van der Waals surface area (Å²) in [6.07, 6.45) is -0.639. The fourth-order valence-corrected chi connectivity index (χ4v) is 4.76. The summed E-state index contributed by atoms with van der Waals surface area (Å²) < 4.78 is 23.1. The average molecular weight is 555 g/mol. The van der Waals surface area contributed by atoms with E-state index in [4.69, 9.17) is 18.6 Å². The minimum absolute atomic E-state index is 0.0218. The molecule has 6 rings (SSSR count). The molecule has 10 heteroatoms. The number of ether oxygens (including phenoxy) is 3. The van der Waals surface area contributed by atoms with Crippen LogP contribution in [0.3, 0.4) is 0 Å². The predicted molar refractivity (Wildman–Crippen MR) is 146 cm³/mol. The Kier molecular flexibility index (Phi) is 6.15. The summed E-state index contributed by atoms with van der Waals surface area (Å²) in [5, 5.41) is 40.3. The van der Waals surface area contributed by atoms with Gasteiger partial charge in [0, 0.05) is 29.8 Å². The Hall–Kier alpha value is -5.64. The van der Waals surface area contributed by atoms with Gasteiger partial charge in [0.25, 0.3) is 0 Å². The van der Waals surface area contributed by atoms with Gasteiger partial charge in [-0.15, -0.1) is 0 Å². The number of aromatic hydroxyl groups is 4. The number of rotatable bonds is 5. The van der Waals surface area contributed by atoms with Crippen molar-refractivity contribution in [3.05, 3.63) is 94.1 Å². The SMILES string of the molecule is COc1cc2c(c(O)c1Oc1ccc(-c3cc(=O)c4c(O)cc(O)cc4o3)cc1)C(=O)C[C@@H](c1ccc(O)cc1)O2. The van der Waals surface area contributed by atoms with Crippen molar-refractivity contribution in [3.63, 3.8) is 0 Å². The van der Waals surface area contributed by atoms with E-state index < -0.39 is 17.3 Å². The zero-order chi connectivity index (χ0) is 28.8. The number of hydrogen-bond acceptors (Lipinski definition) is 10. The van der Waals surface area contributed by atoms with Crippen LogP contribution >= 0.6 is 0 Å². The highest BCUT2D eigenvalue weighted by atomic mass is 16.5. The van der Waals surface area contributed by atoms with E-state index in [1.165, 1.54) is 37.4 Å². The van der Waals surface area contributed by atoms with Crippen molar-refractivity contribution in [3.8, 4) is 57.3 Å². The molecule has 0 radical (unpaired) electrons. The Morgan fingerprint density at radius 3 is 2.29 bits per heavy atom. The molecule has 1 aromatic heterocycles. The second-order valence-electron chi connectivity index (χ2n) is 9.39. The molecule has 0 amide bonds. The monoisotopic (exact) mass is 554 g/mol. The predicted octanol–water partition coefficient (Wildman–Crippen LogP) is 5.79. The second kappa shape index (κ2) is 9.83. The zero-order valence-corrected chi connectivity index (χ0v) is 21.5. The highest BCUT2D eigenvalue weighted by Gasteiger charge is 2.34. The molecule has 4 aromatic carbocycles. The van der Waals surface area contributed by atoms with E-state index in [0.717, 1.165) is 6.07 Å². The molecule has 4 N–H and O–H groups in total. The molecule has 0 unspecified atom stereocenters. The Balaban J connectivity index is 1.30. The molecule has 0 aliphatic carbocycles. The van der Waals surface area contributed by atoms with Crippen LogP contribution in [0.25, 0.3) is 22.3 Å². The third-order valence-electron chi connectivity index (χ3n) is 6.74. The summed E-state index contributed by atoms with van der Waals surface area (Å²) >= 11 is 0. The smallest absolute Gasteiger partial charge is 0.211 e. The van der Waals surface area contributed by atoms with E-state index in [9.17, 15) is 30.0 Å². The van der Waals surface area contributed by atoms with Crippen LogP contribution in [0, 0.1) is 0 Å². The molecule has 0 saturated heterocycles. The van der Waals surface area contributed by atoms with Gasteiger partial charge in [-0.2, -0.15) is 0 Å². The number of ketones is 1. The van der Waals surface area contributed by atoms with Gasteiger partial charge in [0.2, 0.25) is 5.75 Å². The van der Waals surface area contributed by atoms with Crippen molar-refractivity contribution in [1.82, 2.24) is 0 Å². The van der Waals surface area contributed by atoms with Gasteiger partial charge >= 0.3 is 0 Å². The molecule has 0 bridgehead atoms. The third-order valence-corrected chi connectivity index (χ3v) is 6.74. The van der Waals surface area contributed by atoms with E-state index in [1.807, 2.05) is 0 Å². The summed E-state index contributed by atoms with van der Waals surface area (Å²) in [4.78, 5) is 25.6. The Morgan fingerprint density at radius 2 is 1.59 bits per heavy atom. The summed E-state index contributed by atoms with van der Waals surface area (Å²) in [5.74, 6) is -0.670. The van der Waals surface area contributed by atoms with E-state index >= 15 is 0 Å². The number of Topliss-reactive ketones (excluding diaryl/α,β-unsaturated/α-hetero) is 1. The molecular formula is C31H22O10. The summed E-state index contributed by atoms with van der Waals surface area (Å²) in [6, 6.07) is 17.7. The first-order valence-electron chi connectivity index (χ1n) is 12.4. The normalized spacial score (nSPS) is 14.4. The first-order valence-corrected chi connectivity index (χ1v) is 12.4. The molecule has 1 aliphatic rings. The van der Waals surface area contributed by atoms with Crippen molar-refractivity contribution in [2.24, 2.45) is 0 Å². The first kappa shape index (κ1) is 25.6. The number of benzene rings is 4. The minimum Gasteiger partial charge on any atom is -0.508 e. The Labute approximate surface area is 231 Å². The van der Waals surface area contributed by atoms with Gasteiger partial charge < -0.3 is 39.1 Å². The van der Waals surface area contributed by atoms with Crippen molar-refractivity contribution < 1.29 is 43.8 Å². The van der Waals surface area contributed by atoms with Crippen LogP contribution in [0.15, 0.2) is 82.0 Å². The maximum Gasteiger partial charge on any atom is 0.211 e. The Morgan fingerprint density at radius 1 is 0.854 bits per heavy atom. The lowest BCUT2D eigenvalue weighted by Gasteiger charge is -2.27. The van der Waals surface area contributed by atoms with Crippen LogP contribution in [0.2, 0.25) is 0 Å². The number of carbonyl (C=O) groups excluding carboxylic acids is 1. The Bertz CT molecular complexity index is 1870. The first-order chi connectivity index (χ1) is 19.7. The topological polar surface area (TPSA) is 156 Å². The van der Waals surface area contributed by atoms with Gasteiger partial charge in [-0.1, -0.05) is 12.1 Å². The van der Waals surface area contributed by atoms with Crippen LogP contribution in [0.4, 0.5) is 0 Å². The van der Waals surface area contributed by atoms with Gasteiger partial charge in [-0.3, -0.25) is 9.59 Å². The van der Waals surface area contributed by atoms with E-state index in [2.05, 4.69) is 0 Å². The number of phenolic OH excluding ortho intramolecular Hbond substituents is 4. The molecule has 41 heavy (non-hydrogen) atoms. The number of hydrogen-bond donors (Lipinski definition) is 4. The van der Waals surface area contributed by atoms with Gasteiger partial charge in [-0.25, -0.2) is 0 Å². The minimum atomic E-state index is -0.609. The molecule has 5 aromatic rings. The lowest BCUT2D eigenvalue weighted by atomic mass is 9.95. The van der Waals surface area contributed by atoms with E-state index in [-0.39, 0.29) is 74.7 Å². The number of methoxy groups -OCH3 is 1. The van der Waals surface area contributed by atoms with Crippen LogP contribution in [-0.2, 0) is 0 Å². The third kappa shape index (κ3) is 4.61. The molecular weight excluding hydrogens is 532 g/mol. The molecule has 10 nitrogen and oxygen atoms in total. The largest absolute Gasteiger partial charge is 0.508 e. The summed E-state index contributed by atoms with van der Waals surface area (Å²) in [5.41, 5.74) is 0.703. The van der Waals surface area contributed by atoms with Crippen LogP contribution in [-0.4, -0.2) is 33.3 Å². The van der Waals surface area contributed by atoms with Crippen molar-refractivity contribution >= 4 is 16.8 Å².